The van der Waals surface area contributed by atoms with Crippen molar-refractivity contribution in [3.63, 3.8) is 0 Å². The normalized spacial score (nSPS) is 11.1. The minimum absolute atomic E-state index is 0.458. The van der Waals surface area contributed by atoms with Crippen LogP contribution in [0.4, 0.5) is 0 Å². The molecular weight excluding hydrogens is 280 g/mol. The highest BCUT2D eigenvalue weighted by Gasteiger charge is 2.11. The van der Waals surface area contributed by atoms with Crippen LogP contribution in [-0.2, 0) is 18.8 Å². The highest BCUT2D eigenvalue weighted by atomic mass is 35.5. The van der Waals surface area contributed by atoms with Crippen LogP contribution in [-0.4, -0.2) is 9.55 Å². The number of hydrogen-bond acceptors (Lipinski definition) is 1. The quantitative estimate of drug-likeness (QED) is 0.623. The van der Waals surface area contributed by atoms with E-state index in [-0.39, 0.29) is 0 Å². The van der Waals surface area contributed by atoms with E-state index in [1.54, 1.807) is 0 Å². The number of alkyl halides is 1. The standard InChI is InChI=1S/C18H19ClN2/c1-14-7-5-11-16-18(14)21(17(13-19)20-16)12-6-10-15-8-3-2-4-9-15/h2-5,7-9,11H,6,10,12-13H2,1H3. The summed E-state index contributed by atoms with van der Waals surface area (Å²) in [7, 11) is 0. The van der Waals surface area contributed by atoms with Gasteiger partial charge in [-0.3, -0.25) is 0 Å². The molecule has 2 aromatic carbocycles. The Morgan fingerprint density at radius 2 is 1.86 bits per heavy atom. The average molecular weight is 299 g/mol. The van der Waals surface area contributed by atoms with Gasteiger partial charge in [0.15, 0.2) is 0 Å². The summed E-state index contributed by atoms with van der Waals surface area (Å²) >= 11 is 6.07. The molecular formula is C18H19ClN2. The highest BCUT2D eigenvalue weighted by molar-refractivity contribution is 6.16. The number of halogens is 1. The molecule has 0 aliphatic rings. The van der Waals surface area contributed by atoms with E-state index in [1.807, 2.05) is 0 Å². The molecule has 0 fully saturated rings. The number of hydrogen-bond donors (Lipinski definition) is 0. The van der Waals surface area contributed by atoms with Crippen molar-refractivity contribution < 1.29 is 0 Å². The Hall–Kier alpha value is -1.80. The molecule has 0 spiro atoms. The summed E-state index contributed by atoms with van der Waals surface area (Å²) in [6.45, 7) is 3.09. The van der Waals surface area contributed by atoms with Crippen molar-refractivity contribution in [3.8, 4) is 0 Å². The summed E-state index contributed by atoms with van der Waals surface area (Å²) in [6, 6.07) is 16.9. The molecule has 0 unspecified atom stereocenters. The Balaban J connectivity index is 1.83. The molecule has 2 nitrogen and oxygen atoms in total. The van der Waals surface area contributed by atoms with Crippen LogP contribution in [0, 0.1) is 6.92 Å². The van der Waals surface area contributed by atoms with Crippen molar-refractivity contribution in [3.05, 3.63) is 65.5 Å². The molecule has 3 heteroatoms. The van der Waals surface area contributed by atoms with Gasteiger partial charge in [-0.1, -0.05) is 42.5 Å². The second kappa shape index (κ2) is 6.31. The summed E-state index contributed by atoms with van der Waals surface area (Å²) in [5.41, 5.74) is 4.91. The third-order valence-electron chi connectivity index (χ3n) is 3.86. The molecule has 0 saturated carbocycles. The lowest BCUT2D eigenvalue weighted by molar-refractivity contribution is 0.637. The van der Waals surface area contributed by atoms with Gasteiger partial charge in [-0.2, -0.15) is 0 Å². The minimum Gasteiger partial charge on any atom is -0.327 e. The molecule has 0 radical (unpaired) electrons. The van der Waals surface area contributed by atoms with E-state index in [4.69, 9.17) is 11.6 Å². The fourth-order valence-electron chi connectivity index (χ4n) is 2.84. The molecule has 108 valence electrons. The van der Waals surface area contributed by atoms with Gasteiger partial charge in [-0.05, 0) is 37.0 Å². The lowest BCUT2D eigenvalue weighted by Gasteiger charge is -2.09. The van der Waals surface area contributed by atoms with Crippen LogP contribution in [0.1, 0.15) is 23.4 Å². The molecule has 0 atom stereocenters. The zero-order valence-corrected chi connectivity index (χ0v) is 13.0. The van der Waals surface area contributed by atoms with E-state index < -0.39 is 0 Å². The summed E-state index contributed by atoms with van der Waals surface area (Å²) in [5, 5.41) is 0. The summed E-state index contributed by atoms with van der Waals surface area (Å²) in [4.78, 5) is 4.65. The van der Waals surface area contributed by atoms with E-state index in [1.165, 1.54) is 16.6 Å². The van der Waals surface area contributed by atoms with Gasteiger partial charge in [0.25, 0.3) is 0 Å². The first kappa shape index (κ1) is 14.2. The first-order chi connectivity index (χ1) is 10.3. The van der Waals surface area contributed by atoms with Crippen molar-refractivity contribution in [2.24, 2.45) is 0 Å². The smallest absolute Gasteiger partial charge is 0.124 e. The van der Waals surface area contributed by atoms with Crippen molar-refractivity contribution in [1.82, 2.24) is 9.55 Å². The largest absolute Gasteiger partial charge is 0.327 e. The van der Waals surface area contributed by atoms with E-state index >= 15 is 0 Å². The maximum absolute atomic E-state index is 6.07. The van der Waals surface area contributed by atoms with E-state index in [2.05, 4.69) is 65.0 Å². The zero-order chi connectivity index (χ0) is 14.7. The maximum Gasteiger partial charge on any atom is 0.124 e. The number of para-hydroxylation sites is 1. The Labute approximate surface area is 130 Å². The van der Waals surface area contributed by atoms with E-state index in [0.717, 1.165) is 30.7 Å². The summed E-state index contributed by atoms with van der Waals surface area (Å²) in [6.07, 6.45) is 2.17. The third-order valence-corrected chi connectivity index (χ3v) is 4.10. The number of aromatic nitrogens is 2. The molecule has 3 rings (SSSR count). The van der Waals surface area contributed by atoms with Gasteiger partial charge >= 0.3 is 0 Å². The molecule has 0 N–H and O–H groups in total. The molecule has 0 amide bonds. The van der Waals surface area contributed by atoms with Gasteiger partial charge in [0.05, 0.1) is 16.9 Å². The van der Waals surface area contributed by atoms with Crippen LogP contribution >= 0.6 is 11.6 Å². The molecule has 3 aromatic rings. The first-order valence-corrected chi connectivity index (χ1v) is 7.87. The third kappa shape index (κ3) is 2.96. The van der Waals surface area contributed by atoms with Crippen LogP contribution in [0.5, 0.6) is 0 Å². The number of fused-ring (bicyclic) bond motifs is 1. The van der Waals surface area contributed by atoms with Crippen LogP contribution in [0.2, 0.25) is 0 Å². The van der Waals surface area contributed by atoms with Crippen LogP contribution < -0.4 is 0 Å². The Morgan fingerprint density at radius 1 is 1.05 bits per heavy atom. The number of nitrogens with zero attached hydrogens (tertiary/aromatic N) is 2. The lowest BCUT2D eigenvalue weighted by Crippen LogP contribution is -2.04. The highest BCUT2D eigenvalue weighted by Crippen LogP contribution is 2.22. The second-order valence-electron chi connectivity index (χ2n) is 5.35. The Kier molecular flexibility index (Phi) is 4.26. The van der Waals surface area contributed by atoms with Crippen molar-refractivity contribution >= 4 is 22.6 Å². The van der Waals surface area contributed by atoms with Gasteiger partial charge in [-0.25, -0.2) is 4.98 Å². The summed E-state index contributed by atoms with van der Waals surface area (Å²) in [5.74, 6) is 1.42. The van der Waals surface area contributed by atoms with Crippen molar-refractivity contribution in [1.29, 1.82) is 0 Å². The predicted octanol–water partition coefficient (Wildman–Crippen LogP) is 4.72. The molecule has 21 heavy (non-hydrogen) atoms. The van der Waals surface area contributed by atoms with Gasteiger partial charge in [0.2, 0.25) is 0 Å². The van der Waals surface area contributed by atoms with Crippen molar-refractivity contribution in [2.75, 3.05) is 0 Å². The monoisotopic (exact) mass is 298 g/mol. The van der Waals surface area contributed by atoms with Gasteiger partial charge < -0.3 is 4.57 Å². The number of imidazole rings is 1. The molecule has 0 aliphatic carbocycles. The van der Waals surface area contributed by atoms with Crippen LogP contribution in [0.25, 0.3) is 11.0 Å². The number of benzene rings is 2. The second-order valence-corrected chi connectivity index (χ2v) is 5.61. The minimum atomic E-state index is 0.458. The summed E-state index contributed by atoms with van der Waals surface area (Å²) < 4.78 is 2.28. The molecule has 1 heterocycles. The molecule has 0 saturated heterocycles. The van der Waals surface area contributed by atoms with Gasteiger partial charge in [-0.15, -0.1) is 11.6 Å². The molecule has 1 aromatic heterocycles. The van der Waals surface area contributed by atoms with Crippen LogP contribution in [0.15, 0.2) is 48.5 Å². The van der Waals surface area contributed by atoms with E-state index in [9.17, 15) is 0 Å². The maximum atomic E-state index is 6.07. The topological polar surface area (TPSA) is 17.8 Å². The molecule has 0 bridgehead atoms. The fraction of sp³-hybridized carbons (Fsp3) is 0.278. The van der Waals surface area contributed by atoms with Gasteiger partial charge in [0, 0.05) is 6.54 Å². The van der Waals surface area contributed by atoms with Crippen LogP contribution in [0.3, 0.4) is 0 Å². The molecule has 0 aliphatic heterocycles. The fourth-order valence-corrected chi connectivity index (χ4v) is 3.05. The Morgan fingerprint density at radius 3 is 2.62 bits per heavy atom. The van der Waals surface area contributed by atoms with E-state index in [0.29, 0.717) is 5.88 Å². The first-order valence-electron chi connectivity index (χ1n) is 7.34. The number of rotatable bonds is 5. The average Bonchev–Trinajstić information content (AvgIpc) is 2.88. The zero-order valence-electron chi connectivity index (χ0n) is 12.2. The van der Waals surface area contributed by atoms with Gasteiger partial charge in [0.1, 0.15) is 5.82 Å². The Bertz CT molecular complexity index is 732. The predicted molar refractivity (Wildman–Crippen MR) is 88.8 cm³/mol. The van der Waals surface area contributed by atoms with Crippen molar-refractivity contribution in [2.45, 2.75) is 32.2 Å². The number of aryl methyl sites for hydroxylation is 3. The SMILES string of the molecule is Cc1cccc2nc(CCl)n(CCCc3ccccc3)c12. The lowest BCUT2D eigenvalue weighted by atomic mass is 10.1.